The fourth-order valence-corrected chi connectivity index (χ4v) is 1.96. The zero-order valence-corrected chi connectivity index (χ0v) is 11.3. The van der Waals surface area contributed by atoms with Gasteiger partial charge in [-0.15, -0.1) is 0 Å². The van der Waals surface area contributed by atoms with Gasteiger partial charge in [-0.2, -0.15) is 0 Å². The molecule has 2 nitrogen and oxygen atoms in total. The van der Waals surface area contributed by atoms with Crippen molar-refractivity contribution in [2.75, 3.05) is 0 Å². The molecule has 1 atom stereocenters. The van der Waals surface area contributed by atoms with Crippen molar-refractivity contribution in [1.82, 2.24) is 0 Å². The van der Waals surface area contributed by atoms with Gasteiger partial charge in [-0.3, -0.25) is 0 Å². The van der Waals surface area contributed by atoms with Gasteiger partial charge in [0.25, 0.3) is 0 Å². The molecular weight excluding hydrogens is 260 g/mol. The molecule has 4 heteroatoms. The Hall–Kier alpha value is -1.94. The minimum absolute atomic E-state index is 0.0787. The topological polar surface area (TPSA) is 35.2 Å². The third-order valence-corrected chi connectivity index (χ3v) is 2.89. The van der Waals surface area contributed by atoms with Crippen molar-refractivity contribution in [2.24, 2.45) is 5.73 Å². The van der Waals surface area contributed by atoms with E-state index in [1.54, 1.807) is 24.3 Å². The molecule has 20 heavy (non-hydrogen) atoms. The maximum absolute atomic E-state index is 13.8. The summed E-state index contributed by atoms with van der Waals surface area (Å²) in [6.45, 7) is 2.04. The second-order valence-corrected chi connectivity index (χ2v) is 4.82. The van der Waals surface area contributed by atoms with Gasteiger partial charge >= 0.3 is 0 Å². The Morgan fingerprint density at radius 3 is 2.45 bits per heavy atom. The van der Waals surface area contributed by atoms with E-state index in [1.165, 1.54) is 18.2 Å². The van der Waals surface area contributed by atoms with Crippen LogP contribution in [0.1, 0.15) is 18.1 Å². The van der Waals surface area contributed by atoms with Crippen molar-refractivity contribution in [2.45, 2.75) is 26.0 Å². The first-order valence-electron chi connectivity index (χ1n) is 6.46. The van der Waals surface area contributed by atoms with E-state index in [-0.39, 0.29) is 24.2 Å². The third kappa shape index (κ3) is 3.78. The van der Waals surface area contributed by atoms with Crippen LogP contribution in [0.3, 0.4) is 0 Å². The number of halogens is 2. The van der Waals surface area contributed by atoms with Crippen LogP contribution in [0.15, 0.2) is 42.5 Å². The summed E-state index contributed by atoms with van der Waals surface area (Å²) in [6.07, 6.45) is 0.538. The second-order valence-electron chi connectivity index (χ2n) is 4.82. The van der Waals surface area contributed by atoms with Crippen LogP contribution in [0.25, 0.3) is 0 Å². The van der Waals surface area contributed by atoms with Crippen molar-refractivity contribution in [3.8, 4) is 5.75 Å². The number of ether oxygens (including phenoxy) is 1. The molecule has 0 aliphatic rings. The minimum atomic E-state index is -0.412. The maximum atomic E-state index is 13.8. The molecule has 1 unspecified atom stereocenters. The number of benzene rings is 2. The number of rotatable bonds is 5. The predicted octanol–water partition coefficient (Wildman–Crippen LogP) is 3.43. The van der Waals surface area contributed by atoms with Crippen LogP contribution in [0.2, 0.25) is 0 Å². The summed E-state index contributed by atoms with van der Waals surface area (Å²) in [6, 6.07) is 10.6. The average Bonchev–Trinajstić information content (AvgIpc) is 2.39. The molecular formula is C16H17F2NO. The number of hydrogen-bond donors (Lipinski definition) is 1. The third-order valence-electron chi connectivity index (χ3n) is 2.89. The van der Waals surface area contributed by atoms with E-state index in [0.29, 0.717) is 6.42 Å². The lowest BCUT2D eigenvalue weighted by Gasteiger charge is -2.14. The lowest BCUT2D eigenvalue weighted by atomic mass is 10.1. The van der Waals surface area contributed by atoms with Crippen LogP contribution in [-0.4, -0.2) is 6.04 Å². The van der Waals surface area contributed by atoms with Crippen LogP contribution in [0.5, 0.6) is 5.75 Å². The van der Waals surface area contributed by atoms with Crippen LogP contribution in [0, 0.1) is 11.6 Å². The van der Waals surface area contributed by atoms with Gasteiger partial charge in [-0.05, 0) is 42.7 Å². The predicted molar refractivity (Wildman–Crippen MR) is 74.5 cm³/mol. The molecule has 106 valence electrons. The highest BCUT2D eigenvalue weighted by atomic mass is 19.1. The van der Waals surface area contributed by atoms with Crippen molar-refractivity contribution < 1.29 is 13.5 Å². The van der Waals surface area contributed by atoms with Crippen LogP contribution < -0.4 is 10.5 Å². The Balaban J connectivity index is 2.13. The van der Waals surface area contributed by atoms with Gasteiger partial charge in [0.05, 0.1) is 0 Å². The first-order chi connectivity index (χ1) is 9.56. The lowest BCUT2D eigenvalue weighted by molar-refractivity contribution is 0.286. The van der Waals surface area contributed by atoms with Crippen molar-refractivity contribution in [3.05, 3.63) is 65.2 Å². The number of para-hydroxylation sites is 1. The normalized spacial score (nSPS) is 12.2. The smallest absolute Gasteiger partial charge is 0.165 e. The molecule has 0 fully saturated rings. The van der Waals surface area contributed by atoms with Crippen molar-refractivity contribution in [3.63, 3.8) is 0 Å². The summed E-state index contributed by atoms with van der Waals surface area (Å²) in [5.41, 5.74) is 7.26. The molecule has 2 rings (SSSR count). The SMILES string of the molecule is CC(N)Cc1cccc(F)c1OCc1ccc(F)cc1. The van der Waals surface area contributed by atoms with Gasteiger partial charge < -0.3 is 10.5 Å². The first kappa shape index (κ1) is 14.5. The Bertz CT molecular complexity index is 567. The van der Waals surface area contributed by atoms with Gasteiger partial charge in [0, 0.05) is 6.04 Å². The Morgan fingerprint density at radius 2 is 1.80 bits per heavy atom. The standard InChI is InChI=1S/C16H17F2NO/c1-11(19)9-13-3-2-4-15(18)16(13)20-10-12-5-7-14(17)8-6-12/h2-8,11H,9-10,19H2,1H3. The van der Waals surface area contributed by atoms with E-state index < -0.39 is 5.82 Å². The molecule has 0 aliphatic heterocycles. The summed E-state index contributed by atoms with van der Waals surface area (Å²) in [7, 11) is 0. The van der Waals surface area contributed by atoms with E-state index in [2.05, 4.69) is 0 Å². The molecule has 0 aliphatic carbocycles. The molecule has 0 saturated heterocycles. The molecule has 2 aromatic rings. The van der Waals surface area contributed by atoms with E-state index in [9.17, 15) is 8.78 Å². The molecule has 2 N–H and O–H groups in total. The highest BCUT2D eigenvalue weighted by Gasteiger charge is 2.11. The monoisotopic (exact) mass is 277 g/mol. The van der Waals surface area contributed by atoms with E-state index in [1.807, 2.05) is 6.92 Å². The average molecular weight is 277 g/mol. The first-order valence-corrected chi connectivity index (χ1v) is 6.46. The minimum Gasteiger partial charge on any atom is -0.486 e. The van der Waals surface area contributed by atoms with E-state index in [4.69, 9.17) is 10.5 Å². The molecule has 0 spiro atoms. The Morgan fingerprint density at radius 1 is 1.10 bits per heavy atom. The molecule has 0 saturated carbocycles. The summed E-state index contributed by atoms with van der Waals surface area (Å²) >= 11 is 0. The number of nitrogens with two attached hydrogens (primary N) is 1. The molecule has 0 bridgehead atoms. The van der Waals surface area contributed by atoms with Crippen LogP contribution >= 0.6 is 0 Å². The summed E-state index contributed by atoms with van der Waals surface area (Å²) in [4.78, 5) is 0. The Kier molecular flexibility index (Phi) is 4.69. The van der Waals surface area contributed by atoms with Gasteiger partial charge in [-0.1, -0.05) is 24.3 Å². The Labute approximate surface area is 117 Å². The van der Waals surface area contributed by atoms with Crippen LogP contribution in [-0.2, 0) is 13.0 Å². The fourth-order valence-electron chi connectivity index (χ4n) is 1.96. The molecule has 2 aromatic carbocycles. The quantitative estimate of drug-likeness (QED) is 0.908. The number of hydrogen-bond acceptors (Lipinski definition) is 2. The summed E-state index contributed by atoms with van der Waals surface area (Å²) in [5.74, 6) is -0.503. The van der Waals surface area contributed by atoms with Gasteiger partial charge in [-0.25, -0.2) is 8.78 Å². The van der Waals surface area contributed by atoms with Crippen molar-refractivity contribution >= 4 is 0 Å². The molecule has 0 aromatic heterocycles. The van der Waals surface area contributed by atoms with Crippen molar-refractivity contribution in [1.29, 1.82) is 0 Å². The van der Waals surface area contributed by atoms with Gasteiger partial charge in [0.15, 0.2) is 11.6 Å². The zero-order valence-electron chi connectivity index (χ0n) is 11.3. The molecule has 0 heterocycles. The highest BCUT2D eigenvalue weighted by Crippen LogP contribution is 2.24. The molecule has 0 radical (unpaired) electrons. The van der Waals surface area contributed by atoms with Gasteiger partial charge in [0.1, 0.15) is 12.4 Å². The molecule has 0 amide bonds. The maximum Gasteiger partial charge on any atom is 0.165 e. The van der Waals surface area contributed by atoms with E-state index in [0.717, 1.165) is 11.1 Å². The zero-order chi connectivity index (χ0) is 14.5. The summed E-state index contributed by atoms with van der Waals surface area (Å²) < 4.78 is 32.2. The lowest BCUT2D eigenvalue weighted by Crippen LogP contribution is -2.18. The fraction of sp³-hybridized carbons (Fsp3) is 0.250. The van der Waals surface area contributed by atoms with Gasteiger partial charge in [0.2, 0.25) is 0 Å². The largest absolute Gasteiger partial charge is 0.486 e. The second kappa shape index (κ2) is 6.48. The summed E-state index contributed by atoms with van der Waals surface area (Å²) in [5, 5.41) is 0. The van der Waals surface area contributed by atoms with Crippen LogP contribution in [0.4, 0.5) is 8.78 Å². The highest BCUT2D eigenvalue weighted by molar-refractivity contribution is 5.36. The van der Waals surface area contributed by atoms with E-state index >= 15 is 0 Å².